The van der Waals surface area contributed by atoms with Gasteiger partial charge in [-0.1, -0.05) is 0 Å². The number of hydrogen-bond acceptors (Lipinski definition) is 8. The van der Waals surface area contributed by atoms with E-state index in [1.165, 1.54) is 0 Å². The second-order valence-corrected chi connectivity index (χ2v) is 2.71. The lowest BCUT2D eigenvalue weighted by atomic mass is 9.99. The molecule has 0 heterocycles. The number of hydrogen-bond donors (Lipinski definition) is 7. The first-order chi connectivity index (χ1) is 6.25. The first kappa shape index (κ1) is 13.4. The molecule has 0 amide bonds. The predicted molar refractivity (Wildman–Crippen MR) is 39.5 cm³/mol. The van der Waals surface area contributed by atoms with Gasteiger partial charge in [0.1, 0.15) is 12.2 Å². The van der Waals surface area contributed by atoms with Crippen molar-refractivity contribution in [2.75, 3.05) is 0 Å². The van der Waals surface area contributed by atoms with Gasteiger partial charge in [-0.2, -0.15) is 0 Å². The molecule has 0 aliphatic heterocycles. The van der Waals surface area contributed by atoms with Gasteiger partial charge in [-0.25, -0.2) is 0 Å². The van der Waals surface area contributed by atoms with E-state index in [0.29, 0.717) is 0 Å². The maximum atomic E-state index is 9.95. The molecule has 0 saturated carbocycles. The van der Waals surface area contributed by atoms with Crippen LogP contribution in [0, 0.1) is 0 Å². The Bertz CT molecular complexity index is 190. The zero-order valence-corrected chi connectivity index (χ0v) is 6.93. The third kappa shape index (κ3) is 2.69. The number of carbonyl (C=O) groups excluding carboxylic acids is 1. The van der Waals surface area contributed by atoms with Crippen LogP contribution >= 0.6 is 0 Å². The van der Waals surface area contributed by atoms with Crippen molar-refractivity contribution in [2.24, 2.45) is 0 Å². The summed E-state index contributed by atoms with van der Waals surface area (Å²) >= 11 is 0. The highest BCUT2D eigenvalue weighted by molar-refractivity contribution is 5.56. The summed E-state index contributed by atoms with van der Waals surface area (Å²) in [5.74, 6) is -3.41. The van der Waals surface area contributed by atoms with Crippen LogP contribution in [0.15, 0.2) is 0 Å². The smallest absolute Gasteiger partial charge is 0.224 e. The summed E-state index contributed by atoms with van der Waals surface area (Å²) < 4.78 is 0. The second kappa shape index (κ2) is 4.75. The quantitative estimate of drug-likeness (QED) is 0.177. The molecule has 3 atom stereocenters. The first-order valence-electron chi connectivity index (χ1n) is 3.55. The van der Waals surface area contributed by atoms with Crippen LogP contribution in [0.5, 0.6) is 0 Å². The van der Waals surface area contributed by atoms with Gasteiger partial charge in [0.15, 0.2) is 18.7 Å². The molecule has 0 rings (SSSR count). The highest BCUT2D eigenvalue weighted by Gasteiger charge is 2.47. The molecule has 84 valence electrons. The Labute approximate surface area is 78.3 Å². The zero-order valence-electron chi connectivity index (χ0n) is 6.93. The molecule has 0 aliphatic carbocycles. The summed E-state index contributed by atoms with van der Waals surface area (Å²) in [5.41, 5.74) is 0. The Morgan fingerprint density at radius 2 is 1.36 bits per heavy atom. The van der Waals surface area contributed by atoms with E-state index in [1.54, 1.807) is 0 Å². The SMILES string of the molecule is O=C[C@H](O)[C@@H](O)C(O)(O)[C@H](O)C(O)O. The second-order valence-electron chi connectivity index (χ2n) is 2.71. The third-order valence-electron chi connectivity index (χ3n) is 1.62. The van der Waals surface area contributed by atoms with Crippen LogP contribution in [0.1, 0.15) is 0 Å². The molecule has 0 aromatic carbocycles. The maximum Gasteiger partial charge on any atom is 0.224 e. The summed E-state index contributed by atoms with van der Waals surface area (Å²) in [5, 5.41) is 61.0. The fourth-order valence-corrected chi connectivity index (χ4v) is 0.720. The zero-order chi connectivity index (χ0) is 11.5. The number of aliphatic hydroxyl groups is 7. The fraction of sp³-hybridized carbons (Fsp3) is 0.833. The van der Waals surface area contributed by atoms with Gasteiger partial charge in [-0.15, -0.1) is 0 Å². The van der Waals surface area contributed by atoms with Gasteiger partial charge in [0.25, 0.3) is 0 Å². The van der Waals surface area contributed by atoms with Gasteiger partial charge in [-0.05, 0) is 0 Å². The summed E-state index contributed by atoms with van der Waals surface area (Å²) in [6, 6.07) is 0. The van der Waals surface area contributed by atoms with Crippen LogP contribution < -0.4 is 0 Å². The van der Waals surface area contributed by atoms with E-state index in [1.807, 2.05) is 0 Å². The van der Waals surface area contributed by atoms with Crippen molar-refractivity contribution in [2.45, 2.75) is 30.4 Å². The van der Waals surface area contributed by atoms with Gasteiger partial charge in [0.2, 0.25) is 5.79 Å². The van der Waals surface area contributed by atoms with Gasteiger partial charge < -0.3 is 40.5 Å². The van der Waals surface area contributed by atoms with Crippen molar-refractivity contribution in [3.05, 3.63) is 0 Å². The average molecular weight is 212 g/mol. The lowest BCUT2D eigenvalue weighted by molar-refractivity contribution is -0.321. The number of aliphatic hydroxyl groups excluding tert-OH is 4. The molecule has 0 saturated heterocycles. The van der Waals surface area contributed by atoms with E-state index in [2.05, 4.69) is 0 Å². The Kier molecular flexibility index (Phi) is 4.55. The van der Waals surface area contributed by atoms with Crippen LogP contribution in [0.4, 0.5) is 0 Å². The van der Waals surface area contributed by atoms with E-state index in [9.17, 15) is 4.79 Å². The summed E-state index contributed by atoms with van der Waals surface area (Å²) in [7, 11) is 0. The van der Waals surface area contributed by atoms with Gasteiger partial charge in [-0.3, -0.25) is 0 Å². The molecular formula is C6H12O8. The maximum absolute atomic E-state index is 9.95. The van der Waals surface area contributed by atoms with E-state index in [4.69, 9.17) is 35.7 Å². The molecule has 0 bridgehead atoms. The highest BCUT2D eigenvalue weighted by Crippen LogP contribution is 2.16. The minimum atomic E-state index is -3.41. The highest BCUT2D eigenvalue weighted by atomic mass is 16.6. The van der Waals surface area contributed by atoms with Gasteiger partial charge >= 0.3 is 0 Å². The van der Waals surface area contributed by atoms with Crippen molar-refractivity contribution in [3.8, 4) is 0 Å². The van der Waals surface area contributed by atoms with Crippen molar-refractivity contribution in [1.29, 1.82) is 0 Å². The van der Waals surface area contributed by atoms with Gasteiger partial charge in [0.05, 0.1) is 0 Å². The van der Waals surface area contributed by atoms with E-state index in [-0.39, 0.29) is 6.29 Å². The van der Waals surface area contributed by atoms with Crippen molar-refractivity contribution in [1.82, 2.24) is 0 Å². The molecule has 8 nitrogen and oxygen atoms in total. The predicted octanol–water partition coefficient (Wildman–Crippen LogP) is -4.74. The van der Waals surface area contributed by atoms with Crippen LogP contribution in [0.2, 0.25) is 0 Å². The standard InChI is InChI=1S/C6H12O8/c7-1-2(8)3(9)6(13,14)4(10)5(11)12/h1-5,8-14H/t2-,3+,4+/m0/s1. The monoisotopic (exact) mass is 212 g/mol. The van der Waals surface area contributed by atoms with Crippen LogP contribution in [-0.2, 0) is 4.79 Å². The minimum Gasteiger partial charge on any atom is -0.384 e. The third-order valence-corrected chi connectivity index (χ3v) is 1.62. The molecule has 0 radical (unpaired) electrons. The lowest BCUT2D eigenvalue weighted by Crippen LogP contribution is -2.60. The van der Waals surface area contributed by atoms with E-state index < -0.39 is 30.4 Å². The fourth-order valence-electron chi connectivity index (χ4n) is 0.720. The Balaban J connectivity index is 4.67. The Morgan fingerprint density at radius 3 is 1.64 bits per heavy atom. The molecule has 0 fully saturated rings. The summed E-state index contributed by atoms with van der Waals surface area (Å²) in [6.45, 7) is 0. The molecular weight excluding hydrogens is 200 g/mol. The van der Waals surface area contributed by atoms with Crippen LogP contribution in [0.25, 0.3) is 0 Å². The minimum absolute atomic E-state index is 0.206. The number of aldehydes is 1. The van der Waals surface area contributed by atoms with Crippen molar-refractivity contribution >= 4 is 6.29 Å². The van der Waals surface area contributed by atoms with E-state index >= 15 is 0 Å². The van der Waals surface area contributed by atoms with Gasteiger partial charge in [0, 0.05) is 0 Å². The molecule has 14 heavy (non-hydrogen) atoms. The topological polar surface area (TPSA) is 159 Å². The van der Waals surface area contributed by atoms with E-state index in [0.717, 1.165) is 0 Å². The van der Waals surface area contributed by atoms with Crippen molar-refractivity contribution in [3.63, 3.8) is 0 Å². The van der Waals surface area contributed by atoms with Crippen LogP contribution in [0.3, 0.4) is 0 Å². The number of carbonyl (C=O) groups is 1. The summed E-state index contributed by atoms with van der Waals surface area (Å²) in [4.78, 5) is 9.95. The molecule has 0 aromatic heterocycles. The number of rotatable bonds is 5. The Morgan fingerprint density at radius 1 is 0.929 bits per heavy atom. The van der Waals surface area contributed by atoms with Crippen molar-refractivity contribution < 1.29 is 40.5 Å². The lowest BCUT2D eigenvalue weighted by Gasteiger charge is -2.33. The normalized spacial score (nSPS) is 19.1. The molecule has 0 aromatic rings. The largest absolute Gasteiger partial charge is 0.384 e. The Hall–Kier alpha value is -0.610. The first-order valence-corrected chi connectivity index (χ1v) is 3.55. The molecule has 0 spiro atoms. The molecule has 8 heteroatoms. The molecule has 7 N–H and O–H groups in total. The summed E-state index contributed by atoms with van der Waals surface area (Å²) in [6.07, 6.45) is -9.93. The molecule has 0 unspecified atom stereocenters. The van der Waals surface area contributed by atoms with Crippen LogP contribution in [-0.4, -0.2) is 72.4 Å². The molecule has 0 aliphatic rings. The average Bonchev–Trinajstić information content (AvgIpc) is 2.13.